The summed E-state index contributed by atoms with van der Waals surface area (Å²) >= 11 is 5.57. The molecular formula is C10H9ClF4N2O3S. The Hall–Kier alpha value is -1.39. The van der Waals surface area contributed by atoms with Crippen molar-refractivity contribution >= 4 is 27.5 Å². The molecule has 1 rings (SSSR count). The highest BCUT2D eigenvalue weighted by Gasteiger charge is 2.41. The molecule has 5 nitrogen and oxygen atoms in total. The van der Waals surface area contributed by atoms with Gasteiger partial charge in [0.1, 0.15) is 0 Å². The molecule has 0 aliphatic heterocycles. The fraction of sp³-hybridized carbons (Fsp3) is 0.300. The molecule has 0 saturated carbocycles. The molecule has 0 fully saturated rings. The largest absolute Gasteiger partial charge is 0.366 e. The van der Waals surface area contributed by atoms with Crippen LogP contribution in [0.2, 0.25) is 5.02 Å². The molecule has 1 amide bonds. The number of nitrogens with two attached hydrogens (primary N) is 1. The van der Waals surface area contributed by atoms with Crippen LogP contribution in [0.5, 0.6) is 0 Å². The summed E-state index contributed by atoms with van der Waals surface area (Å²) in [6.07, 6.45) is -4.03. The Morgan fingerprint density at radius 1 is 1.33 bits per heavy atom. The smallest absolute Gasteiger partial charge is 0.320 e. The van der Waals surface area contributed by atoms with E-state index in [0.717, 1.165) is 18.2 Å². The maximum absolute atomic E-state index is 12.7. The molecule has 0 saturated heterocycles. The van der Waals surface area contributed by atoms with Crippen molar-refractivity contribution in [1.29, 1.82) is 0 Å². The first-order chi connectivity index (χ1) is 9.45. The van der Waals surface area contributed by atoms with Crippen LogP contribution in [0.4, 0.5) is 17.6 Å². The number of hydrogen-bond acceptors (Lipinski definition) is 3. The summed E-state index contributed by atoms with van der Waals surface area (Å²) in [6, 6.07) is 2.71. The van der Waals surface area contributed by atoms with E-state index in [2.05, 4.69) is 0 Å². The standard InChI is InChI=1S/C10H9ClF4N2O3S/c11-6-1-5(8(16)18)2-7(3-6)21(19,20)17-4-10(14,15)9(12)13/h1-3,9,17H,4H2,(H2,16,18). The second-order valence-corrected chi connectivity index (χ2v) is 6.13. The molecule has 0 heterocycles. The minimum Gasteiger partial charge on any atom is -0.366 e. The van der Waals surface area contributed by atoms with Crippen molar-refractivity contribution in [2.45, 2.75) is 17.2 Å². The Balaban J connectivity index is 3.06. The molecule has 0 atom stereocenters. The predicted molar refractivity (Wildman–Crippen MR) is 66.1 cm³/mol. The number of carbonyl (C=O) groups excluding carboxylic acids is 1. The molecule has 1 aromatic carbocycles. The van der Waals surface area contributed by atoms with Crippen LogP contribution < -0.4 is 10.5 Å². The molecule has 21 heavy (non-hydrogen) atoms. The SMILES string of the molecule is NC(=O)c1cc(Cl)cc(S(=O)(=O)NCC(F)(F)C(F)F)c1. The van der Waals surface area contributed by atoms with Crippen molar-refractivity contribution in [3.05, 3.63) is 28.8 Å². The van der Waals surface area contributed by atoms with Crippen LogP contribution in [0.15, 0.2) is 23.1 Å². The predicted octanol–water partition coefficient (Wildman–Crippen LogP) is 1.62. The van der Waals surface area contributed by atoms with Gasteiger partial charge in [0.15, 0.2) is 0 Å². The highest BCUT2D eigenvalue weighted by atomic mass is 35.5. The summed E-state index contributed by atoms with van der Waals surface area (Å²) in [5.41, 5.74) is 4.67. The van der Waals surface area contributed by atoms with Gasteiger partial charge in [-0.05, 0) is 18.2 Å². The van der Waals surface area contributed by atoms with Gasteiger partial charge in [-0.3, -0.25) is 4.79 Å². The van der Waals surface area contributed by atoms with E-state index in [1.165, 1.54) is 4.72 Å². The van der Waals surface area contributed by atoms with Crippen LogP contribution in [0.3, 0.4) is 0 Å². The average molecular weight is 349 g/mol. The third kappa shape index (κ3) is 4.55. The molecule has 0 bridgehead atoms. The zero-order valence-electron chi connectivity index (χ0n) is 10.1. The van der Waals surface area contributed by atoms with E-state index < -0.39 is 39.7 Å². The fourth-order valence-corrected chi connectivity index (χ4v) is 2.62. The maximum Gasteiger partial charge on any atom is 0.320 e. The van der Waals surface area contributed by atoms with Gasteiger partial charge in [-0.1, -0.05) is 11.6 Å². The van der Waals surface area contributed by atoms with Crippen molar-refractivity contribution in [2.24, 2.45) is 5.73 Å². The molecule has 3 N–H and O–H groups in total. The van der Waals surface area contributed by atoms with Gasteiger partial charge in [0, 0.05) is 10.6 Å². The second-order valence-electron chi connectivity index (χ2n) is 3.93. The average Bonchev–Trinajstić information content (AvgIpc) is 2.35. The van der Waals surface area contributed by atoms with Crippen LogP contribution in [-0.2, 0) is 10.0 Å². The molecule has 0 radical (unpaired) electrons. The first-order valence-corrected chi connectivity index (χ1v) is 7.08. The number of carbonyl (C=O) groups is 1. The van der Waals surface area contributed by atoms with Crippen LogP contribution in [-0.4, -0.2) is 33.2 Å². The summed E-state index contributed by atoms with van der Waals surface area (Å²) in [5, 5.41) is -0.188. The Bertz CT molecular complexity index is 652. The lowest BCUT2D eigenvalue weighted by molar-refractivity contribution is -0.122. The number of halogens is 5. The molecular weight excluding hydrogens is 340 g/mol. The summed E-state index contributed by atoms with van der Waals surface area (Å²) in [6.45, 7) is -1.80. The summed E-state index contributed by atoms with van der Waals surface area (Å²) in [7, 11) is -4.56. The Kier molecular flexibility index (Phi) is 5.18. The van der Waals surface area contributed by atoms with Crippen LogP contribution in [0, 0.1) is 0 Å². The number of amides is 1. The molecule has 1 aromatic rings. The Morgan fingerprint density at radius 2 is 1.90 bits per heavy atom. The molecule has 118 valence electrons. The molecule has 0 aliphatic carbocycles. The van der Waals surface area contributed by atoms with Crippen LogP contribution >= 0.6 is 11.6 Å². The first-order valence-electron chi connectivity index (χ1n) is 5.22. The van der Waals surface area contributed by atoms with Crippen LogP contribution in [0.1, 0.15) is 10.4 Å². The quantitative estimate of drug-likeness (QED) is 0.765. The van der Waals surface area contributed by atoms with Crippen molar-refractivity contribution in [3.8, 4) is 0 Å². The first kappa shape index (κ1) is 17.7. The van der Waals surface area contributed by atoms with Gasteiger partial charge in [0.05, 0.1) is 11.4 Å². The number of nitrogens with one attached hydrogen (secondary N) is 1. The normalized spacial score (nSPS) is 12.7. The number of sulfonamides is 1. The van der Waals surface area contributed by atoms with E-state index in [-0.39, 0.29) is 10.6 Å². The number of primary amides is 1. The minimum atomic E-state index is -4.56. The Labute approximate surface area is 122 Å². The van der Waals surface area contributed by atoms with Gasteiger partial charge in [0.2, 0.25) is 15.9 Å². The second kappa shape index (κ2) is 6.16. The third-order valence-electron chi connectivity index (χ3n) is 2.28. The van der Waals surface area contributed by atoms with Crippen molar-refractivity contribution in [2.75, 3.05) is 6.54 Å². The van der Waals surface area contributed by atoms with E-state index in [1.54, 1.807) is 0 Å². The number of benzene rings is 1. The molecule has 0 unspecified atom stereocenters. The monoisotopic (exact) mass is 348 g/mol. The lowest BCUT2D eigenvalue weighted by atomic mass is 10.2. The topological polar surface area (TPSA) is 89.3 Å². The van der Waals surface area contributed by atoms with Gasteiger partial charge in [0.25, 0.3) is 0 Å². The van der Waals surface area contributed by atoms with Crippen molar-refractivity contribution in [1.82, 2.24) is 4.72 Å². The van der Waals surface area contributed by atoms with Crippen LogP contribution in [0.25, 0.3) is 0 Å². The summed E-state index contributed by atoms with van der Waals surface area (Å²) in [5.74, 6) is -5.52. The van der Waals surface area contributed by atoms with E-state index in [1.807, 2.05) is 0 Å². The van der Waals surface area contributed by atoms with E-state index in [4.69, 9.17) is 17.3 Å². The Morgan fingerprint density at radius 3 is 2.38 bits per heavy atom. The molecule has 0 spiro atoms. The number of rotatable bonds is 6. The zero-order valence-corrected chi connectivity index (χ0v) is 11.7. The van der Waals surface area contributed by atoms with Crippen molar-refractivity contribution < 1.29 is 30.8 Å². The fourth-order valence-electron chi connectivity index (χ4n) is 1.21. The van der Waals surface area contributed by atoms with Gasteiger partial charge >= 0.3 is 12.3 Å². The lowest BCUT2D eigenvalue weighted by Gasteiger charge is -2.16. The number of alkyl halides is 4. The van der Waals surface area contributed by atoms with Crippen molar-refractivity contribution in [3.63, 3.8) is 0 Å². The van der Waals surface area contributed by atoms with Gasteiger partial charge in [-0.15, -0.1) is 0 Å². The highest BCUT2D eigenvalue weighted by molar-refractivity contribution is 7.89. The van der Waals surface area contributed by atoms with Gasteiger partial charge in [-0.2, -0.15) is 8.78 Å². The lowest BCUT2D eigenvalue weighted by Crippen LogP contribution is -2.41. The zero-order chi connectivity index (χ0) is 16.4. The van der Waals surface area contributed by atoms with E-state index >= 15 is 0 Å². The molecule has 0 aliphatic rings. The van der Waals surface area contributed by atoms with Gasteiger partial charge < -0.3 is 5.73 Å². The number of hydrogen-bond donors (Lipinski definition) is 2. The highest BCUT2D eigenvalue weighted by Crippen LogP contribution is 2.23. The van der Waals surface area contributed by atoms with Gasteiger partial charge in [-0.25, -0.2) is 21.9 Å². The minimum absolute atomic E-state index is 0.188. The van der Waals surface area contributed by atoms with E-state index in [9.17, 15) is 30.8 Å². The summed E-state index contributed by atoms with van der Waals surface area (Å²) < 4.78 is 74.1. The molecule has 0 aromatic heterocycles. The maximum atomic E-state index is 12.7. The van der Waals surface area contributed by atoms with E-state index in [0.29, 0.717) is 0 Å². The molecule has 11 heteroatoms. The third-order valence-corrected chi connectivity index (χ3v) is 3.88. The summed E-state index contributed by atoms with van der Waals surface area (Å²) in [4.78, 5) is 10.3.